The number of alkyl halides is 1. The maximum absolute atomic E-state index is 3.89. The van der Waals surface area contributed by atoms with E-state index in [-0.39, 0.29) is 9.86 Å². The minimum Gasteiger partial charge on any atom is -0.367 e. The van der Waals surface area contributed by atoms with Crippen LogP contribution in [0.3, 0.4) is 0 Å². The van der Waals surface area contributed by atoms with Crippen molar-refractivity contribution in [3.8, 4) is 0 Å². The molecule has 96 valence electrons. The first-order valence-electron chi connectivity index (χ1n) is 6.30. The molecule has 0 saturated carbocycles. The topological polar surface area (TPSA) is 12.0 Å². The lowest BCUT2D eigenvalue weighted by Crippen LogP contribution is -2.44. The third-order valence-corrected chi connectivity index (χ3v) is 4.20. The molecule has 0 amide bonds. The molecule has 1 N–H and O–H groups in total. The van der Waals surface area contributed by atoms with Crippen molar-refractivity contribution in [3.05, 3.63) is 54.6 Å². The molecule has 0 bridgehead atoms. The highest BCUT2D eigenvalue weighted by Gasteiger charge is 2.40. The van der Waals surface area contributed by atoms with Gasteiger partial charge in [-0.1, -0.05) is 73.1 Å². The van der Waals surface area contributed by atoms with Crippen LogP contribution in [0, 0.1) is 11.3 Å². The van der Waals surface area contributed by atoms with Crippen LogP contribution in [0.15, 0.2) is 54.6 Å². The number of halogens is 1. The van der Waals surface area contributed by atoms with E-state index in [1.165, 1.54) is 0 Å². The van der Waals surface area contributed by atoms with Crippen molar-refractivity contribution in [3.63, 3.8) is 0 Å². The first-order chi connectivity index (χ1) is 8.42. The molecule has 0 saturated heterocycles. The van der Waals surface area contributed by atoms with Gasteiger partial charge in [-0.15, -0.1) is 0 Å². The summed E-state index contributed by atoms with van der Waals surface area (Å²) in [7, 11) is 0. The summed E-state index contributed by atoms with van der Waals surface area (Å²) < 4.78 is -0.221. The van der Waals surface area contributed by atoms with Gasteiger partial charge in [-0.3, -0.25) is 0 Å². The molecule has 0 aromatic heterocycles. The van der Waals surface area contributed by atoms with Crippen LogP contribution in [0.25, 0.3) is 0 Å². The Balaban J connectivity index is 2.28. The Bertz CT molecular complexity index is 456. The molecule has 2 heteroatoms. The second-order valence-electron chi connectivity index (χ2n) is 5.85. The van der Waals surface area contributed by atoms with Crippen molar-refractivity contribution in [1.29, 1.82) is 0 Å². The Labute approximate surface area is 118 Å². The van der Waals surface area contributed by atoms with Crippen molar-refractivity contribution in [2.24, 2.45) is 11.3 Å². The van der Waals surface area contributed by atoms with Gasteiger partial charge in [-0.2, -0.15) is 0 Å². The summed E-state index contributed by atoms with van der Waals surface area (Å²) in [5.74, 6) is 0.384. The van der Waals surface area contributed by atoms with Crippen molar-refractivity contribution < 1.29 is 0 Å². The van der Waals surface area contributed by atoms with Gasteiger partial charge in [0.05, 0.1) is 0 Å². The van der Waals surface area contributed by atoms with Crippen LogP contribution in [0.1, 0.15) is 20.8 Å². The molecule has 1 nitrogen and oxygen atoms in total. The van der Waals surface area contributed by atoms with Crippen LogP contribution >= 0.6 is 15.9 Å². The minimum atomic E-state index is -0.221. The Morgan fingerprint density at radius 1 is 1.11 bits per heavy atom. The van der Waals surface area contributed by atoms with Crippen LogP contribution in [-0.4, -0.2) is 4.45 Å². The Kier molecular flexibility index (Phi) is 3.67. The standard InChI is InChI=1S/C16H20BrN/c1-15(2,3)14-11-7-8-12-16(14,17)18-13-9-5-4-6-10-13/h4-12,14,18H,1-3H3. The van der Waals surface area contributed by atoms with Crippen LogP contribution in [0.2, 0.25) is 0 Å². The van der Waals surface area contributed by atoms with Gasteiger partial charge in [0.1, 0.15) is 4.45 Å². The summed E-state index contributed by atoms with van der Waals surface area (Å²) >= 11 is 3.89. The van der Waals surface area contributed by atoms with Gasteiger partial charge < -0.3 is 5.32 Å². The predicted octanol–water partition coefficient (Wildman–Crippen LogP) is 4.98. The van der Waals surface area contributed by atoms with Gasteiger partial charge in [-0.05, 0) is 23.6 Å². The highest BCUT2D eigenvalue weighted by atomic mass is 79.9. The fraction of sp³-hybridized carbons (Fsp3) is 0.375. The lowest BCUT2D eigenvalue weighted by atomic mass is 9.74. The second kappa shape index (κ2) is 4.93. The van der Waals surface area contributed by atoms with Crippen molar-refractivity contribution in [1.82, 2.24) is 0 Å². The highest BCUT2D eigenvalue weighted by molar-refractivity contribution is 9.10. The van der Waals surface area contributed by atoms with E-state index in [2.05, 4.69) is 78.5 Å². The lowest BCUT2D eigenvalue weighted by molar-refractivity contribution is 0.269. The molecule has 1 aliphatic rings. The van der Waals surface area contributed by atoms with Crippen molar-refractivity contribution in [2.75, 3.05) is 5.32 Å². The molecule has 18 heavy (non-hydrogen) atoms. The second-order valence-corrected chi connectivity index (χ2v) is 7.16. The van der Waals surface area contributed by atoms with E-state index in [4.69, 9.17) is 0 Å². The smallest absolute Gasteiger partial charge is 0.119 e. The molecule has 0 spiro atoms. The first kappa shape index (κ1) is 13.4. The van der Waals surface area contributed by atoms with Crippen LogP contribution in [0.4, 0.5) is 5.69 Å². The van der Waals surface area contributed by atoms with Crippen molar-refractivity contribution >= 4 is 21.6 Å². The monoisotopic (exact) mass is 305 g/mol. The molecular formula is C16H20BrN. The third-order valence-electron chi connectivity index (χ3n) is 3.25. The predicted molar refractivity (Wildman–Crippen MR) is 82.9 cm³/mol. The highest BCUT2D eigenvalue weighted by Crippen LogP contribution is 2.44. The molecule has 1 aliphatic carbocycles. The molecule has 2 rings (SSSR count). The average Bonchev–Trinajstić information content (AvgIpc) is 2.28. The summed E-state index contributed by atoms with van der Waals surface area (Å²) in [6, 6.07) is 10.3. The zero-order valence-corrected chi connectivity index (χ0v) is 12.7. The lowest BCUT2D eigenvalue weighted by Gasteiger charge is -2.42. The van der Waals surface area contributed by atoms with E-state index in [1.54, 1.807) is 0 Å². The number of hydrogen-bond acceptors (Lipinski definition) is 1. The Morgan fingerprint density at radius 2 is 1.78 bits per heavy atom. The van der Waals surface area contributed by atoms with E-state index in [1.807, 2.05) is 18.2 Å². The molecule has 0 aliphatic heterocycles. The molecule has 0 fully saturated rings. The molecular weight excluding hydrogens is 286 g/mol. The summed E-state index contributed by atoms with van der Waals surface area (Å²) in [6.07, 6.45) is 8.68. The number of hydrogen-bond donors (Lipinski definition) is 1. The SMILES string of the molecule is CC(C)(C)C1C=CC=CC1(Br)Nc1ccccc1. The molecule has 1 aromatic carbocycles. The Hall–Kier alpha value is -1.02. The summed E-state index contributed by atoms with van der Waals surface area (Å²) in [6.45, 7) is 6.80. The van der Waals surface area contributed by atoms with Gasteiger partial charge in [0, 0.05) is 11.6 Å². The molecule has 0 radical (unpaired) electrons. The average molecular weight is 306 g/mol. The van der Waals surface area contributed by atoms with Crippen LogP contribution in [0.5, 0.6) is 0 Å². The number of benzene rings is 1. The zero-order valence-electron chi connectivity index (χ0n) is 11.2. The largest absolute Gasteiger partial charge is 0.367 e. The molecule has 2 atom stereocenters. The van der Waals surface area contributed by atoms with E-state index in [0.29, 0.717) is 5.92 Å². The van der Waals surface area contributed by atoms with Gasteiger partial charge in [0.15, 0.2) is 0 Å². The molecule has 1 aromatic rings. The van der Waals surface area contributed by atoms with E-state index in [0.717, 1.165) is 5.69 Å². The normalized spacial score (nSPS) is 27.2. The number of allylic oxidation sites excluding steroid dienone is 2. The number of anilines is 1. The van der Waals surface area contributed by atoms with Gasteiger partial charge >= 0.3 is 0 Å². The van der Waals surface area contributed by atoms with Gasteiger partial charge in [-0.25, -0.2) is 0 Å². The summed E-state index contributed by atoms with van der Waals surface area (Å²) in [5, 5.41) is 3.59. The van der Waals surface area contributed by atoms with Gasteiger partial charge in [0.2, 0.25) is 0 Å². The third kappa shape index (κ3) is 2.86. The summed E-state index contributed by atoms with van der Waals surface area (Å²) in [4.78, 5) is 0. The minimum absolute atomic E-state index is 0.187. The number of nitrogens with one attached hydrogen (secondary N) is 1. The number of para-hydroxylation sites is 1. The van der Waals surface area contributed by atoms with Crippen LogP contribution < -0.4 is 5.32 Å². The maximum atomic E-state index is 3.89. The quantitative estimate of drug-likeness (QED) is 0.600. The van der Waals surface area contributed by atoms with E-state index >= 15 is 0 Å². The molecule has 2 unspecified atom stereocenters. The zero-order chi connectivity index (χ0) is 13.2. The Morgan fingerprint density at radius 3 is 2.39 bits per heavy atom. The fourth-order valence-corrected chi connectivity index (χ4v) is 3.62. The first-order valence-corrected chi connectivity index (χ1v) is 7.09. The van der Waals surface area contributed by atoms with Gasteiger partial charge in [0.25, 0.3) is 0 Å². The van der Waals surface area contributed by atoms with Crippen LogP contribution in [-0.2, 0) is 0 Å². The van der Waals surface area contributed by atoms with E-state index in [9.17, 15) is 0 Å². The molecule has 0 heterocycles. The van der Waals surface area contributed by atoms with E-state index < -0.39 is 0 Å². The summed E-state index contributed by atoms with van der Waals surface area (Å²) in [5.41, 5.74) is 1.32. The fourth-order valence-electron chi connectivity index (χ4n) is 2.40. The maximum Gasteiger partial charge on any atom is 0.119 e. The van der Waals surface area contributed by atoms with Crippen molar-refractivity contribution in [2.45, 2.75) is 25.2 Å². The number of rotatable bonds is 2.